The molecule has 0 spiro atoms. The molecule has 14 nitrogen and oxygen atoms in total. The first-order valence-corrected chi connectivity index (χ1v) is 13.9. The molecule has 2 aromatic rings. The SMILES string of the molecule is C=CCNC(=O)C(Cc1ccc(C(=N)N)cc1)C(=O)N[C@@H](COCc1ccccc1)C(=O)N[C@@H](CCCN=C(N)N)C(N)=O. The number of benzene rings is 2. The van der Waals surface area contributed by atoms with E-state index in [4.69, 9.17) is 33.1 Å². The number of carbonyl (C=O) groups excluding carboxylic acids is 4. The number of amides is 4. The number of nitrogens with one attached hydrogen (secondary N) is 4. The minimum atomic E-state index is -1.28. The summed E-state index contributed by atoms with van der Waals surface area (Å²) in [5, 5.41) is 15.4. The maximum absolute atomic E-state index is 13.6. The minimum Gasteiger partial charge on any atom is -0.384 e. The van der Waals surface area contributed by atoms with E-state index < -0.39 is 41.6 Å². The Morgan fingerprint density at radius 3 is 2.14 bits per heavy atom. The largest absolute Gasteiger partial charge is 0.384 e. The molecule has 1 unspecified atom stereocenters. The van der Waals surface area contributed by atoms with Gasteiger partial charge in [-0.25, -0.2) is 0 Å². The van der Waals surface area contributed by atoms with Gasteiger partial charge in [0.15, 0.2) is 5.96 Å². The van der Waals surface area contributed by atoms with Crippen LogP contribution in [-0.4, -0.2) is 67.2 Å². The van der Waals surface area contributed by atoms with E-state index in [1.54, 1.807) is 24.3 Å². The van der Waals surface area contributed by atoms with Crippen LogP contribution in [0.5, 0.6) is 0 Å². The van der Waals surface area contributed by atoms with Crippen LogP contribution in [0.25, 0.3) is 0 Å². The van der Waals surface area contributed by atoms with Gasteiger partial charge in [-0.3, -0.25) is 29.6 Å². The molecular weight excluding hydrogens is 566 g/mol. The topological polar surface area (TPSA) is 254 Å². The molecule has 0 aliphatic heterocycles. The number of aliphatic imine (C=N–C) groups is 1. The van der Waals surface area contributed by atoms with E-state index in [2.05, 4.69) is 27.5 Å². The van der Waals surface area contributed by atoms with Gasteiger partial charge in [-0.1, -0.05) is 60.7 Å². The third-order valence-electron chi connectivity index (χ3n) is 6.39. The highest BCUT2D eigenvalue weighted by Crippen LogP contribution is 2.13. The van der Waals surface area contributed by atoms with E-state index in [1.807, 2.05) is 30.3 Å². The predicted octanol–water partition coefficient (Wildman–Crippen LogP) is -0.843. The van der Waals surface area contributed by atoms with Crippen LogP contribution >= 0.6 is 0 Å². The molecule has 0 fully saturated rings. The summed E-state index contributed by atoms with van der Waals surface area (Å²) in [5.41, 5.74) is 23.6. The number of hydrogen-bond acceptors (Lipinski definition) is 7. The molecule has 0 saturated heterocycles. The number of hydrogen-bond donors (Lipinski definition) is 8. The van der Waals surface area contributed by atoms with Crippen LogP contribution in [0, 0.1) is 11.3 Å². The number of primary amides is 1. The molecule has 4 amide bonds. The fourth-order valence-corrected chi connectivity index (χ4v) is 4.04. The second-order valence-electron chi connectivity index (χ2n) is 9.88. The lowest BCUT2D eigenvalue weighted by Crippen LogP contribution is -2.56. The van der Waals surface area contributed by atoms with E-state index in [1.165, 1.54) is 6.08 Å². The van der Waals surface area contributed by atoms with Crippen molar-refractivity contribution in [3.8, 4) is 0 Å². The monoisotopic (exact) mass is 607 g/mol. The van der Waals surface area contributed by atoms with Gasteiger partial charge in [-0.15, -0.1) is 6.58 Å². The Morgan fingerprint density at radius 1 is 0.886 bits per heavy atom. The molecule has 0 aromatic heterocycles. The van der Waals surface area contributed by atoms with Crippen LogP contribution in [-0.2, 0) is 36.9 Å². The Balaban J connectivity index is 2.25. The number of amidine groups is 1. The van der Waals surface area contributed by atoms with Crippen molar-refractivity contribution < 1.29 is 23.9 Å². The number of nitrogens with two attached hydrogens (primary N) is 4. The first kappa shape index (κ1) is 35.0. The molecule has 0 aliphatic carbocycles. The van der Waals surface area contributed by atoms with Gasteiger partial charge in [-0.2, -0.15) is 0 Å². The van der Waals surface area contributed by atoms with Crippen molar-refractivity contribution >= 4 is 35.4 Å². The fraction of sp³-hybridized carbons (Fsp3) is 0.333. The normalized spacial score (nSPS) is 12.5. The van der Waals surface area contributed by atoms with Gasteiger partial charge >= 0.3 is 0 Å². The van der Waals surface area contributed by atoms with E-state index in [9.17, 15) is 19.2 Å². The number of ether oxygens (including phenoxy) is 1. The minimum absolute atomic E-state index is 0.0130. The molecule has 0 saturated carbocycles. The number of carbonyl (C=O) groups is 4. The number of guanidine groups is 1. The summed E-state index contributed by atoms with van der Waals surface area (Å²) >= 11 is 0. The smallest absolute Gasteiger partial charge is 0.245 e. The van der Waals surface area contributed by atoms with Gasteiger partial charge in [0.1, 0.15) is 23.8 Å². The van der Waals surface area contributed by atoms with Crippen molar-refractivity contribution in [2.24, 2.45) is 33.8 Å². The first-order chi connectivity index (χ1) is 21.0. The fourth-order valence-electron chi connectivity index (χ4n) is 4.04. The summed E-state index contributed by atoms with van der Waals surface area (Å²) < 4.78 is 5.75. The third kappa shape index (κ3) is 12.3. The standard InChI is InChI=1S/C30H41N9O5/c1-2-14-36-27(41)22(16-19-10-12-21(13-11-19)25(31)32)28(42)39-24(18-44-17-20-7-4-3-5-8-20)29(43)38-23(26(33)40)9-6-15-37-30(34)35/h2-5,7-8,10-13,22-24H,1,6,9,14-18H2,(H3,31,32)(H2,33,40)(H,36,41)(H,38,43)(H,39,42)(H4,34,35,37)/t22?,23-,24-/m0/s1. The summed E-state index contributed by atoms with van der Waals surface area (Å²) in [4.78, 5) is 55.9. The maximum Gasteiger partial charge on any atom is 0.245 e. The summed E-state index contributed by atoms with van der Waals surface area (Å²) in [6.45, 7) is 3.80. The summed E-state index contributed by atoms with van der Waals surface area (Å²) in [6.07, 6.45) is 1.95. The van der Waals surface area contributed by atoms with Crippen LogP contribution in [0.2, 0.25) is 0 Å². The van der Waals surface area contributed by atoms with Gasteiger partial charge in [0.2, 0.25) is 23.6 Å². The zero-order chi connectivity index (χ0) is 32.5. The molecular formula is C30H41N9O5. The first-order valence-electron chi connectivity index (χ1n) is 13.9. The summed E-state index contributed by atoms with van der Waals surface area (Å²) in [7, 11) is 0. The van der Waals surface area contributed by atoms with Gasteiger partial charge in [0, 0.05) is 18.7 Å². The average molecular weight is 608 g/mol. The average Bonchev–Trinajstić information content (AvgIpc) is 2.99. The molecule has 0 bridgehead atoms. The Hall–Kier alpha value is -5.24. The number of rotatable bonds is 19. The third-order valence-corrected chi connectivity index (χ3v) is 6.39. The lowest BCUT2D eigenvalue weighted by molar-refractivity contribution is -0.138. The van der Waals surface area contributed by atoms with Crippen molar-refractivity contribution in [3.05, 3.63) is 83.9 Å². The Labute approximate surface area is 256 Å². The van der Waals surface area contributed by atoms with Gasteiger partial charge < -0.3 is 43.6 Å². The highest BCUT2D eigenvalue weighted by Gasteiger charge is 2.32. The van der Waals surface area contributed by atoms with Crippen molar-refractivity contribution in [3.63, 3.8) is 0 Å². The van der Waals surface area contributed by atoms with Crippen molar-refractivity contribution in [1.29, 1.82) is 5.41 Å². The van der Waals surface area contributed by atoms with E-state index >= 15 is 0 Å². The van der Waals surface area contributed by atoms with Crippen molar-refractivity contribution in [2.45, 2.75) is 38.0 Å². The molecule has 0 radical (unpaired) electrons. The van der Waals surface area contributed by atoms with E-state index in [0.29, 0.717) is 17.5 Å². The number of nitrogens with zero attached hydrogens (tertiary/aromatic N) is 1. The molecule has 14 heteroatoms. The molecule has 0 heterocycles. The Morgan fingerprint density at radius 2 is 1.55 bits per heavy atom. The number of nitrogen functional groups attached to an aromatic ring is 1. The van der Waals surface area contributed by atoms with Gasteiger partial charge in [0.05, 0.1) is 13.2 Å². The van der Waals surface area contributed by atoms with Crippen LogP contribution in [0.15, 0.2) is 72.2 Å². The quantitative estimate of drug-likeness (QED) is 0.0327. The maximum atomic E-state index is 13.6. The molecule has 3 atom stereocenters. The van der Waals surface area contributed by atoms with Gasteiger partial charge in [-0.05, 0) is 30.4 Å². The second kappa shape index (κ2) is 18.3. The highest BCUT2D eigenvalue weighted by atomic mass is 16.5. The molecule has 12 N–H and O–H groups in total. The second-order valence-corrected chi connectivity index (χ2v) is 9.88. The van der Waals surface area contributed by atoms with Crippen LogP contribution in [0.4, 0.5) is 0 Å². The summed E-state index contributed by atoms with van der Waals surface area (Å²) in [6, 6.07) is 13.4. The van der Waals surface area contributed by atoms with E-state index in [-0.39, 0.29) is 50.9 Å². The Bertz CT molecular complexity index is 1310. The van der Waals surface area contributed by atoms with Crippen LogP contribution in [0.1, 0.15) is 29.5 Å². The molecule has 2 rings (SSSR count). The lowest BCUT2D eigenvalue weighted by atomic mass is 9.96. The summed E-state index contributed by atoms with van der Waals surface area (Å²) in [5.74, 6) is -4.31. The molecule has 236 valence electrons. The van der Waals surface area contributed by atoms with Crippen molar-refractivity contribution in [2.75, 3.05) is 19.7 Å². The predicted molar refractivity (Wildman–Crippen MR) is 167 cm³/mol. The molecule has 2 aromatic carbocycles. The Kier molecular flexibility index (Phi) is 14.6. The lowest BCUT2D eigenvalue weighted by Gasteiger charge is -2.24. The molecule has 44 heavy (non-hydrogen) atoms. The van der Waals surface area contributed by atoms with Crippen LogP contribution < -0.4 is 38.9 Å². The van der Waals surface area contributed by atoms with Crippen molar-refractivity contribution in [1.82, 2.24) is 16.0 Å². The van der Waals surface area contributed by atoms with Crippen LogP contribution in [0.3, 0.4) is 0 Å². The highest BCUT2D eigenvalue weighted by molar-refractivity contribution is 6.02. The van der Waals surface area contributed by atoms with Gasteiger partial charge in [0.25, 0.3) is 0 Å². The zero-order valence-corrected chi connectivity index (χ0v) is 24.5. The zero-order valence-electron chi connectivity index (χ0n) is 24.5. The molecule has 0 aliphatic rings. The van der Waals surface area contributed by atoms with E-state index in [0.717, 1.165) is 5.56 Å².